The van der Waals surface area contributed by atoms with Crippen molar-refractivity contribution >= 4 is 11.9 Å². The van der Waals surface area contributed by atoms with Crippen LogP contribution in [0, 0.1) is 11.8 Å². The fraction of sp³-hybridized carbons (Fsp3) is 0.538. The molecule has 0 radical (unpaired) electrons. The highest BCUT2D eigenvalue weighted by Crippen LogP contribution is 2.42. The Morgan fingerprint density at radius 1 is 1.39 bits per heavy atom. The summed E-state index contributed by atoms with van der Waals surface area (Å²) in [5, 5.41) is 9.35. The Hall–Kier alpha value is -1.78. The van der Waals surface area contributed by atoms with Crippen LogP contribution in [-0.4, -0.2) is 34.5 Å². The maximum atomic E-state index is 12.2. The maximum Gasteiger partial charge on any atom is 0.326 e. The Bertz CT molecular complexity index is 467. The molecule has 1 saturated heterocycles. The number of carboxylic acid groups (broad SMARTS) is 1. The summed E-state index contributed by atoms with van der Waals surface area (Å²) in [7, 11) is 0. The molecular weight excluding hydrogens is 234 g/mol. The molecule has 0 bridgehead atoms. The summed E-state index contributed by atoms with van der Waals surface area (Å²) in [4.78, 5) is 25.1. The molecule has 3 rings (SSSR count). The second-order valence-electron chi connectivity index (χ2n) is 5.07. The van der Waals surface area contributed by atoms with Crippen molar-refractivity contribution in [1.29, 1.82) is 0 Å². The Morgan fingerprint density at radius 2 is 2.22 bits per heavy atom. The molecule has 1 aliphatic heterocycles. The van der Waals surface area contributed by atoms with Crippen molar-refractivity contribution in [3.63, 3.8) is 0 Å². The van der Waals surface area contributed by atoms with Gasteiger partial charge in [-0.3, -0.25) is 4.79 Å². The van der Waals surface area contributed by atoms with Gasteiger partial charge in [-0.05, 0) is 36.8 Å². The average molecular weight is 249 g/mol. The number of carbonyl (C=O) groups is 2. The van der Waals surface area contributed by atoms with Crippen LogP contribution in [0.3, 0.4) is 0 Å². The molecule has 96 valence electrons. The second kappa shape index (κ2) is 4.15. The predicted molar refractivity (Wildman–Crippen MR) is 62.0 cm³/mol. The molecule has 5 heteroatoms. The minimum absolute atomic E-state index is 0.112. The first-order valence-corrected chi connectivity index (χ1v) is 6.26. The van der Waals surface area contributed by atoms with Gasteiger partial charge in [-0.15, -0.1) is 0 Å². The number of carboxylic acids is 1. The van der Waals surface area contributed by atoms with Gasteiger partial charge in [0.05, 0.1) is 6.26 Å². The third kappa shape index (κ3) is 1.62. The van der Waals surface area contributed by atoms with E-state index in [2.05, 4.69) is 0 Å². The largest absolute Gasteiger partial charge is 0.480 e. The van der Waals surface area contributed by atoms with Crippen LogP contribution in [-0.2, 0) is 4.79 Å². The normalized spacial score (nSPS) is 30.4. The van der Waals surface area contributed by atoms with Crippen molar-refractivity contribution in [2.45, 2.75) is 25.3 Å². The standard InChI is InChI=1S/C13H15NO4/c15-12(10-5-2-6-18-10)14-7-8-3-1-4-9(8)11(14)13(16)17/h2,5-6,8-9,11H,1,3-4,7H2,(H,16,17). The van der Waals surface area contributed by atoms with Crippen molar-refractivity contribution in [2.75, 3.05) is 6.54 Å². The Morgan fingerprint density at radius 3 is 2.89 bits per heavy atom. The summed E-state index contributed by atoms with van der Waals surface area (Å²) in [5.74, 6) is -0.529. The summed E-state index contributed by atoms with van der Waals surface area (Å²) >= 11 is 0. The highest BCUT2D eigenvalue weighted by atomic mass is 16.4. The maximum absolute atomic E-state index is 12.2. The van der Waals surface area contributed by atoms with Gasteiger partial charge in [-0.2, -0.15) is 0 Å². The average Bonchev–Trinajstić information content (AvgIpc) is 3.03. The van der Waals surface area contributed by atoms with E-state index >= 15 is 0 Å². The lowest BCUT2D eigenvalue weighted by Gasteiger charge is -2.23. The monoisotopic (exact) mass is 249 g/mol. The number of nitrogens with zero attached hydrogens (tertiary/aromatic N) is 1. The van der Waals surface area contributed by atoms with Crippen LogP contribution in [0.1, 0.15) is 29.8 Å². The first-order valence-electron chi connectivity index (χ1n) is 6.26. The van der Waals surface area contributed by atoms with E-state index in [1.165, 1.54) is 11.2 Å². The van der Waals surface area contributed by atoms with Crippen LogP contribution in [0.5, 0.6) is 0 Å². The molecule has 2 aliphatic rings. The number of furan rings is 1. The van der Waals surface area contributed by atoms with Crippen LogP contribution >= 0.6 is 0 Å². The third-order valence-corrected chi connectivity index (χ3v) is 4.14. The quantitative estimate of drug-likeness (QED) is 0.864. The summed E-state index contributed by atoms with van der Waals surface area (Å²) in [6.07, 6.45) is 4.43. The number of carbonyl (C=O) groups excluding carboxylic acids is 1. The Labute approximate surface area is 104 Å². The molecule has 1 N–H and O–H groups in total. The van der Waals surface area contributed by atoms with E-state index in [4.69, 9.17) is 4.42 Å². The minimum atomic E-state index is -0.899. The van der Waals surface area contributed by atoms with Gasteiger partial charge >= 0.3 is 5.97 Å². The molecule has 1 amide bonds. The van der Waals surface area contributed by atoms with Crippen LogP contribution in [0.15, 0.2) is 22.8 Å². The van der Waals surface area contributed by atoms with Crippen LogP contribution < -0.4 is 0 Å². The molecule has 3 atom stereocenters. The third-order valence-electron chi connectivity index (χ3n) is 4.14. The molecule has 1 aliphatic carbocycles. The zero-order chi connectivity index (χ0) is 12.7. The summed E-state index contributed by atoms with van der Waals surface area (Å²) in [6.45, 7) is 0.543. The Kier molecular flexibility index (Phi) is 2.61. The predicted octanol–water partition coefficient (Wildman–Crippen LogP) is 1.60. The summed E-state index contributed by atoms with van der Waals surface area (Å²) in [6, 6.07) is 2.53. The lowest BCUT2D eigenvalue weighted by Crippen LogP contribution is -2.43. The summed E-state index contributed by atoms with van der Waals surface area (Å²) in [5.41, 5.74) is 0. The van der Waals surface area contributed by atoms with Gasteiger partial charge in [0.1, 0.15) is 6.04 Å². The van der Waals surface area contributed by atoms with E-state index < -0.39 is 12.0 Å². The molecule has 0 aromatic carbocycles. The summed E-state index contributed by atoms with van der Waals surface area (Å²) < 4.78 is 5.07. The number of fused-ring (bicyclic) bond motifs is 1. The number of rotatable bonds is 2. The van der Waals surface area contributed by atoms with E-state index in [-0.39, 0.29) is 17.6 Å². The smallest absolute Gasteiger partial charge is 0.326 e. The molecule has 0 spiro atoms. The van der Waals surface area contributed by atoms with Gasteiger partial charge in [0, 0.05) is 6.54 Å². The molecule has 1 aromatic heterocycles. The molecule has 18 heavy (non-hydrogen) atoms. The molecule has 3 unspecified atom stereocenters. The first kappa shape index (κ1) is 11.3. The van der Waals surface area contributed by atoms with E-state index in [1.54, 1.807) is 12.1 Å². The van der Waals surface area contributed by atoms with E-state index in [9.17, 15) is 14.7 Å². The fourth-order valence-corrected chi connectivity index (χ4v) is 3.37. The van der Waals surface area contributed by atoms with Gasteiger partial charge < -0.3 is 14.4 Å². The van der Waals surface area contributed by atoms with Crippen LogP contribution in [0.25, 0.3) is 0 Å². The molecular formula is C13H15NO4. The fourth-order valence-electron chi connectivity index (χ4n) is 3.37. The highest BCUT2D eigenvalue weighted by molar-refractivity contribution is 5.94. The van der Waals surface area contributed by atoms with Crippen LogP contribution in [0.4, 0.5) is 0 Å². The zero-order valence-corrected chi connectivity index (χ0v) is 9.91. The van der Waals surface area contributed by atoms with Gasteiger partial charge in [0.25, 0.3) is 5.91 Å². The minimum Gasteiger partial charge on any atom is -0.480 e. The first-order chi connectivity index (χ1) is 8.68. The van der Waals surface area contributed by atoms with Crippen molar-refractivity contribution in [3.8, 4) is 0 Å². The van der Waals surface area contributed by atoms with E-state index in [1.807, 2.05) is 0 Å². The molecule has 2 heterocycles. The van der Waals surface area contributed by atoms with E-state index in [0.717, 1.165) is 19.3 Å². The highest BCUT2D eigenvalue weighted by Gasteiger charge is 2.49. The van der Waals surface area contributed by atoms with Crippen molar-refractivity contribution in [3.05, 3.63) is 24.2 Å². The second-order valence-corrected chi connectivity index (χ2v) is 5.07. The number of likely N-dealkylation sites (tertiary alicyclic amines) is 1. The number of hydrogen-bond acceptors (Lipinski definition) is 3. The van der Waals surface area contributed by atoms with Gasteiger partial charge in [-0.25, -0.2) is 4.79 Å². The number of aliphatic carboxylic acids is 1. The van der Waals surface area contributed by atoms with Gasteiger partial charge in [0.15, 0.2) is 5.76 Å². The lowest BCUT2D eigenvalue weighted by molar-refractivity contribution is -0.142. The molecule has 2 fully saturated rings. The number of amides is 1. The van der Waals surface area contributed by atoms with Gasteiger partial charge in [0.2, 0.25) is 0 Å². The molecule has 1 aromatic rings. The lowest BCUT2D eigenvalue weighted by atomic mass is 9.94. The van der Waals surface area contributed by atoms with Crippen molar-refractivity contribution in [1.82, 2.24) is 4.90 Å². The molecule has 1 saturated carbocycles. The van der Waals surface area contributed by atoms with Crippen LogP contribution in [0.2, 0.25) is 0 Å². The number of hydrogen-bond donors (Lipinski definition) is 1. The topological polar surface area (TPSA) is 70.8 Å². The zero-order valence-electron chi connectivity index (χ0n) is 9.91. The Balaban J connectivity index is 1.87. The molecule has 5 nitrogen and oxygen atoms in total. The van der Waals surface area contributed by atoms with Crippen molar-refractivity contribution < 1.29 is 19.1 Å². The van der Waals surface area contributed by atoms with Crippen molar-refractivity contribution in [2.24, 2.45) is 11.8 Å². The van der Waals surface area contributed by atoms with E-state index in [0.29, 0.717) is 12.5 Å². The van der Waals surface area contributed by atoms with Gasteiger partial charge in [-0.1, -0.05) is 6.42 Å². The SMILES string of the molecule is O=C(O)C1C2CCCC2CN1C(=O)c1ccco1.